The average Bonchev–Trinajstić information content (AvgIpc) is 2.81. The van der Waals surface area contributed by atoms with E-state index in [1.807, 2.05) is 20.9 Å². The SMILES string of the molecule is CCO[C@@H]1C=C2C=C3C(=C(C)C(=O)N3C)C[C@]2(C)[C@@H](C)[C@H]1OCCC(C)C. The number of ether oxygens (including phenoxy) is 2. The van der Waals surface area contributed by atoms with Crippen molar-refractivity contribution in [3.63, 3.8) is 0 Å². The minimum atomic E-state index is -0.0400. The van der Waals surface area contributed by atoms with Gasteiger partial charge in [-0.3, -0.25) is 4.79 Å². The lowest BCUT2D eigenvalue weighted by molar-refractivity contribution is -0.123. The summed E-state index contributed by atoms with van der Waals surface area (Å²) >= 11 is 0. The van der Waals surface area contributed by atoms with E-state index < -0.39 is 0 Å². The van der Waals surface area contributed by atoms with Crippen LogP contribution in [0.1, 0.15) is 54.4 Å². The number of amides is 1. The molecule has 0 fully saturated rings. The monoisotopic (exact) mass is 373 g/mol. The molecule has 3 rings (SSSR count). The topological polar surface area (TPSA) is 38.8 Å². The van der Waals surface area contributed by atoms with Crippen LogP contribution in [0.3, 0.4) is 0 Å². The molecule has 1 aliphatic heterocycles. The van der Waals surface area contributed by atoms with Crippen LogP contribution in [0.4, 0.5) is 0 Å². The van der Waals surface area contributed by atoms with Crippen molar-refractivity contribution in [2.45, 2.75) is 66.6 Å². The zero-order valence-electron chi connectivity index (χ0n) is 18.0. The Hall–Kier alpha value is -1.39. The van der Waals surface area contributed by atoms with E-state index in [0.717, 1.165) is 30.7 Å². The third kappa shape index (κ3) is 3.42. The van der Waals surface area contributed by atoms with Gasteiger partial charge in [0, 0.05) is 36.9 Å². The molecule has 0 unspecified atom stereocenters. The van der Waals surface area contributed by atoms with Crippen molar-refractivity contribution in [2.24, 2.45) is 17.3 Å². The lowest BCUT2D eigenvalue weighted by atomic mass is 9.59. The molecule has 0 saturated carbocycles. The van der Waals surface area contributed by atoms with Crippen LogP contribution in [-0.4, -0.2) is 43.3 Å². The molecule has 4 heteroatoms. The highest BCUT2D eigenvalue weighted by Crippen LogP contribution is 2.54. The second-order valence-electron chi connectivity index (χ2n) is 8.94. The maximum atomic E-state index is 12.5. The molecule has 150 valence electrons. The first kappa shape index (κ1) is 20.3. The molecule has 0 saturated heterocycles. The minimum Gasteiger partial charge on any atom is -0.375 e. The number of rotatable bonds is 6. The number of fused-ring (bicyclic) bond motifs is 2. The summed E-state index contributed by atoms with van der Waals surface area (Å²) in [5.74, 6) is 1.06. The molecule has 4 atom stereocenters. The first-order valence-corrected chi connectivity index (χ1v) is 10.4. The van der Waals surface area contributed by atoms with Crippen LogP contribution in [0.5, 0.6) is 0 Å². The number of hydrogen-bond donors (Lipinski definition) is 0. The quantitative estimate of drug-likeness (QED) is 0.689. The van der Waals surface area contributed by atoms with Crippen molar-refractivity contribution >= 4 is 5.91 Å². The van der Waals surface area contributed by atoms with Crippen molar-refractivity contribution in [2.75, 3.05) is 20.3 Å². The van der Waals surface area contributed by atoms with Crippen molar-refractivity contribution in [3.05, 3.63) is 34.6 Å². The van der Waals surface area contributed by atoms with Crippen molar-refractivity contribution < 1.29 is 14.3 Å². The first-order valence-electron chi connectivity index (χ1n) is 10.4. The van der Waals surface area contributed by atoms with Crippen molar-refractivity contribution in [3.8, 4) is 0 Å². The van der Waals surface area contributed by atoms with E-state index >= 15 is 0 Å². The van der Waals surface area contributed by atoms with Gasteiger partial charge in [-0.05, 0) is 61.8 Å². The summed E-state index contributed by atoms with van der Waals surface area (Å²) < 4.78 is 12.5. The third-order valence-electron chi connectivity index (χ3n) is 6.77. The predicted octanol–water partition coefficient (Wildman–Crippen LogP) is 4.48. The Balaban J connectivity index is 1.97. The molecule has 0 aromatic rings. The van der Waals surface area contributed by atoms with Gasteiger partial charge in [0.2, 0.25) is 0 Å². The van der Waals surface area contributed by atoms with E-state index in [2.05, 4.69) is 39.8 Å². The molecule has 2 aliphatic carbocycles. The molecule has 1 heterocycles. The van der Waals surface area contributed by atoms with Gasteiger partial charge in [-0.15, -0.1) is 0 Å². The fraction of sp³-hybridized carbons (Fsp3) is 0.696. The zero-order valence-corrected chi connectivity index (χ0v) is 18.0. The summed E-state index contributed by atoms with van der Waals surface area (Å²) in [7, 11) is 1.87. The van der Waals surface area contributed by atoms with E-state index in [1.165, 1.54) is 11.1 Å². The molecule has 0 radical (unpaired) electrons. The van der Waals surface area contributed by atoms with Crippen molar-refractivity contribution in [1.29, 1.82) is 0 Å². The third-order valence-corrected chi connectivity index (χ3v) is 6.77. The number of hydrogen-bond acceptors (Lipinski definition) is 3. The Morgan fingerprint density at radius 3 is 2.67 bits per heavy atom. The highest BCUT2D eigenvalue weighted by atomic mass is 16.5. The summed E-state index contributed by atoms with van der Waals surface area (Å²) in [6.07, 6.45) is 6.41. The fourth-order valence-corrected chi connectivity index (χ4v) is 4.67. The Morgan fingerprint density at radius 1 is 1.33 bits per heavy atom. The first-order chi connectivity index (χ1) is 12.7. The molecule has 27 heavy (non-hydrogen) atoms. The Bertz CT molecular complexity index is 702. The van der Waals surface area contributed by atoms with Gasteiger partial charge in [0.05, 0.1) is 6.10 Å². The molecule has 3 aliphatic rings. The summed E-state index contributed by atoms with van der Waals surface area (Å²) in [4.78, 5) is 14.2. The van der Waals surface area contributed by atoms with Gasteiger partial charge < -0.3 is 14.4 Å². The smallest absolute Gasteiger partial charge is 0.254 e. The second kappa shape index (κ2) is 7.56. The largest absolute Gasteiger partial charge is 0.375 e. The summed E-state index contributed by atoms with van der Waals surface area (Å²) in [5.41, 5.74) is 4.39. The molecule has 0 aromatic carbocycles. The van der Waals surface area contributed by atoms with Crippen LogP contribution in [-0.2, 0) is 14.3 Å². The maximum absolute atomic E-state index is 12.5. The lowest BCUT2D eigenvalue weighted by Gasteiger charge is -2.49. The second-order valence-corrected chi connectivity index (χ2v) is 8.94. The molecular weight excluding hydrogens is 338 g/mol. The van der Waals surface area contributed by atoms with Crippen LogP contribution < -0.4 is 0 Å². The number of likely N-dealkylation sites (N-methyl/N-ethyl adjacent to an activating group) is 1. The number of carbonyl (C=O) groups is 1. The number of allylic oxidation sites excluding steroid dienone is 3. The fourth-order valence-electron chi connectivity index (χ4n) is 4.67. The Morgan fingerprint density at radius 2 is 2.04 bits per heavy atom. The maximum Gasteiger partial charge on any atom is 0.254 e. The van der Waals surface area contributed by atoms with Crippen LogP contribution in [0.15, 0.2) is 34.6 Å². The highest BCUT2D eigenvalue weighted by molar-refractivity contribution is 6.00. The molecule has 0 bridgehead atoms. The van der Waals surface area contributed by atoms with E-state index in [-0.39, 0.29) is 23.5 Å². The molecule has 1 amide bonds. The van der Waals surface area contributed by atoms with Gasteiger partial charge in [0.1, 0.15) is 6.10 Å². The van der Waals surface area contributed by atoms with Gasteiger partial charge in [-0.25, -0.2) is 0 Å². The van der Waals surface area contributed by atoms with Gasteiger partial charge in [-0.1, -0.05) is 27.7 Å². The standard InChI is InChI=1S/C23H35NO3/c1-8-26-20-12-17-11-19-18(15(4)22(25)24(19)7)13-23(17,6)16(5)21(20)27-10-9-14(2)3/h11-12,14,16,20-21H,8-10,13H2,1-7H3/t16-,20+,21+,23+/m0/s1. The van der Waals surface area contributed by atoms with Crippen molar-refractivity contribution in [1.82, 2.24) is 4.90 Å². The Labute approximate surface area is 164 Å². The molecule has 4 nitrogen and oxygen atoms in total. The molecule has 0 N–H and O–H groups in total. The van der Waals surface area contributed by atoms with E-state index in [4.69, 9.17) is 9.47 Å². The number of carbonyl (C=O) groups excluding carboxylic acids is 1. The summed E-state index contributed by atoms with van der Waals surface area (Å²) in [6.45, 7) is 14.5. The molecule has 0 aromatic heterocycles. The predicted molar refractivity (Wildman–Crippen MR) is 108 cm³/mol. The van der Waals surface area contributed by atoms with Crippen LogP contribution in [0, 0.1) is 17.3 Å². The van der Waals surface area contributed by atoms with Crippen LogP contribution in [0.25, 0.3) is 0 Å². The average molecular weight is 374 g/mol. The molecule has 0 spiro atoms. The van der Waals surface area contributed by atoms with Gasteiger partial charge >= 0.3 is 0 Å². The Kier molecular flexibility index (Phi) is 5.69. The minimum absolute atomic E-state index is 0.0360. The van der Waals surface area contributed by atoms with Gasteiger partial charge in [0.25, 0.3) is 5.91 Å². The summed E-state index contributed by atoms with van der Waals surface area (Å²) in [5, 5.41) is 0. The zero-order chi connectivity index (χ0) is 19.9. The van der Waals surface area contributed by atoms with E-state index in [1.54, 1.807) is 4.90 Å². The van der Waals surface area contributed by atoms with Crippen LogP contribution in [0.2, 0.25) is 0 Å². The number of nitrogens with zero attached hydrogens (tertiary/aromatic N) is 1. The van der Waals surface area contributed by atoms with E-state index in [9.17, 15) is 4.79 Å². The normalized spacial score (nSPS) is 33.3. The summed E-state index contributed by atoms with van der Waals surface area (Å²) in [6, 6.07) is 0. The van der Waals surface area contributed by atoms with Gasteiger partial charge in [-0.2, -0.15) is 0 Å². The molecular formula is C23H35NO3. The van der Waals surface area contributed by atoms with Crippen LogP contribution >= 0.6 is 0 Å². The lowest BCUT2D eigenvalue weighted by Crippen LogP contribution is -2.49. The highest BCUT2D eigenvalue weighted by Gasteiger charge is 2.50. The van der Waals surface area contributed by atoms with E-state index in [0.29, 0.717) is 18.4 Å². The van der Waals surface area contributed by atoms with Gasteiger partial charge in [0.15, 0.2) is 0 Å².